The summed E-state index contributed by atoms with van der Waals surface area (Å²) in [5, 5.41) is 0. The number of imide groups is 1. The van der Waals surface area contributed by atoms with Gasteiger partial charge in [-0.05, 0) is 18.6 Å². The van der Waals surface area contributed by atoms with E-state index in [1.165, 1.54) is 0 Å². The summed E-state index contributed by atoms with van der Waals surface area (Å²) in [6.45, 7) is 2.07. The minimum atomic E-state index is -3.46. The van der Waals surface area contributed by atoms with Crippen molar-refractivity contribution < 1.29 is 18.0 Å². The standard InChI is InChI=1S/C13H16N2O4S/c1-2-7-14-20(18,19)9-8-15-12(16)10-5-3-4-6-11(10)13(15)17/h3-6,14H,2,7-9H2,1H3. The van der Waals surface area contributed by atoms with Gasteiger partial charge in [0.1, 0.15) is 0 Å². The van der Waals surface area contributed by atoms with Crippen LogP contribution in [0.25, 0.3) is 0 Å². The molecule has 0 atom stereocenters. The van der Waals surface area contributed by atoms with Gasteiger partial charge in [-0.2, -0.15) is 0 Å². The number of amides is 2. The van der Waals surface area contributed by atoms with Crippen molar-refractivity contribution in [2.75, 3.05) is 18.8 Å². The van der Waals surface area contributed by atoms with Crippen LogP contribution in [0.4, 0.5) is 0 Å². The van der Waals surface area contributed by atoms with Crippen LogP contribution in [0.3, 0.4) is 0 Å². The van der Waals surface area contributed by atoms with Gasteiger partial charge >= 0.3 is 0 Å². The van der Waals surface area contributed by atoms with Crippen molar-refractivity contribution in [2.45, 2.75) is 13.3 Å². The molecule has 1 heterocycles. The predicted octanol–water partition coefficient (Wildman–Crippen LogP) is 0.612. The maximum absolute atomic E-state index is 12.0. The Hall–Kier alpha value is -1.73. The molecule has 1 aromatic carbocycles. The third-order valence-electron chi connectivity index (χ3n) is 3.03. The fourth-order valence-corrected chi connectivity index (χ4v) is 3.07. The second-order valence-electron chi connectivity index (χ2n) is 4.52. The van der Waals surface area contributed by atoms with Crippen LogP contribution in [0.1, 0.15) is 34.1 Å². The first-order valence-corrected chi connectivity index (χ1v) is 8.04. The van der Waals surface area contributed by atoms with Gasteiger partial charge in [-0.15, -0.1) is 0 Å². The van der Waals surface area contributed by atoms with E-state index in [1.54, 1.807) is 24.3 Å². The lowest BCUT2D eigenvalue weighted by Crippen LogP contribution is -2.37. The summed E-state index contributed by atoms with van der Waals surface area (Å²) in [5.74, 6) is -1.15. The van der Waals surface area contributed by atoms with E-state index in [9.17, 15) is 18.0 Å². The van der Waals surface area contributed by atoms with E-state index in [0.717, 1.165) is 4.90 Å². The molecule has 0 fully saturated rings. The van der Waals surface area contributed by atoms with Crippen molar-refractivity contribution >= 4 is 21.8 Å². The van der Waals surface area contributed by atoms with Crippen LogP contribution >= 0.6 is 0 Å². The molecule has 2 rings (SSSR count). The Labute approximate surface area is 117 Å². The zero-order chi connectivity index (χ0) is 14.8. The quantitative estimate of drug-likeness (QED) is 0.780. The molecule has 0 aliphatic carbocycles. The molecule has 1 aromatic rings. The van der Waals surface area contributed by atoms with Crippen LogP contribution in [0.15, 0.2) is 24.3 Å². The SMILES string of the molecule is CCCNS(=O)(=O)CCN1C(=O)c2ccccc2C1=O. The largest absolute Gasteiger partial charge is 0.273 e. The molecule has 6 nitrogen and oxygen atoms in total. The number of hydrogen-bond acceptors (Lipinski definition) is 4. The lowest BCUT2D eigenvalue weighted by Gasteiger charge is -2.14. The summed E-state index contributed by atoms with van der Waals surface area (Å²) in [6, 6.07) is 6.49. The highest BCUT2D eigenvalue weighted by Gasteiger charge is 2.35. The highest BCUT2D eigenvalue weighted by molar-refractivity contribution is 7.89. The molecule has 7 heteroatoms. The van der Waals surface area contributed by atoms with Crippen molar-refractivity contribution in [1.82, 2.24) is 9.62 Å². The fraction of sp³-hybridized carbons (Fsp3) is 0.385. The number of sulfonamides is 1. The summed E-state index contributed by atoms with van der Waals surface area (Å²) in [5.41, 5.74) is 0.660. The molecule has 2 amide bonds. The monoisotopic (exact) mass is 296 g/mol. The zero-order valence-corrected chi connectivity index (χ0v) is 11.9. The number of nitrogens with one attached hydrogen (secondary N) is 1. The molecule has 1 aliphatic heterocycles. The van der Waals surface area contributed by atoms with Crippen LogP contribution in [-0.4, -0.2) is 44.0 Å². The molecule has 0 aromatic heterocycles. The Morgan fingerprint density at radius 3 is 2.15 bits per heavy atom. The first-order valence-electron chi connectivity index (χ1n) is 6.39. The number of rotatable bonds is 6. The maximum Gasteiger partial charge on any atom is 0.261 e. The second-order valence-corrected chi connectivity index (χ2v) is 6.45. The molecule has 1 aliphatic rings. The van der Waals surface area contributed by atoms with Gasteiger partial charge < -0.3 is 0 Å². The molecule has 0 radical (unpaired) electrons. The number of hydrogen-bond donors (Lipinski definition) is 1. The second kappa shape index (κ2) is 5.72. The van der Waals surface area contributed by atoms with Gasteiger partial charge in [0, 0.05) is 13.1 Å². The zero-order valence-electron chi connectivity index (χ0n) is 11.1. The number of fused-ring (bicyclic) bond motifs is 1. The first-order chi connectivity index (χ1) is 9.46. The van der Waals surface area contributed by atoms with Gasteiger partial charge in [0.25, 0.3) is 11.8 Å². The third kappa shape index (κ3) is 2.88. The average molecular weight is 296 g/mol. The van der Waals surface area contributed by atoms with Crippen LogP contribution in [0, 0.1) is 0 Å². The highest BCUT2D eigenvalue weighted by Crippen LogP contribution is 2.21. The van der Waals surface area contributed by atoms with Crippen molar-refractivity contribution in [3.63, 3.8) is 0 Å². The minimum Gasteiger partial charge on any atom is -0.273 e. The smallest absolute Gasteiger partial charge is 0.261 e. The minimum absolute atomic E-state index is 0.134. The molecule has 108 valence electrons. The average Bonchev–Trinajstić information content (AvgIpc) is 2.67. The van der Waals surface area contributed by atoms with E-state index < -0.39 is 21.8 Å². The van der Waals surface area contributed by atoms with E-state index in [2.05, 4.69) is 4.72 Å². The molecule has 0 saturated carbocycles. The molecule has 0 saturated heterocycles. The summed E-state index contributed by atoms with van der Waals surface area (Å²) >= 11 is 0. The van der Waals surface area contributed by atoms with Crippen molar-refractivity contribution in [3.05, 3.63) is 35.4 Å². The predicted molar refractivity (Wildman–Crippen MR) is 73.9 cm³/mol. The number of nitrogens with zero attached hydrogens (tertiary/aromatic N) is 1. The third-order valence-corrected chi connectivity index (χ3v) is 4.40. The molecular weight excluding hydrogens is 280 g/mol. The van der Waals surface area contributed by atoms with E-state index >= 15 is 0 Å². The molecule has 1 N–H and O–H groups in total. The maximum atomic E-state index is 12.0. The Morgan fingerprint density at radius 2 is 1.65 bits per heavy atom. The van der Waals surface area contributed by atoms with Crippen molar-refractivity contribution in [2.24, 2.45) is 0 Å². The molecule has 0 unspecified atom stereocenters. The van der Waals surface area contributed by atoms with Gasteiger partial charge in [-0.1, -0.05) is 19.1 Å². The summed E-state index contributed by atoms with van der Waals surface area (Å²) in [7, 11) is -3.46. The van der Waals surface area contributed by atoms with E-state index in [4.69, 9.17) is 0 Å². The van der Waals surface area contributed by atoms with Crippen LogP contribution in [0.5, 0.6) is 0 Å². The Morgan fingerprint density at radius 1 is 1.10 bits per heavy atom. The van der Waals surface area contributed by atoms with Gasteiger partial charge in [-0.25, -0.2) is 13.1 Å². The highest BCUT2D eigenvalue weighted by atomic mass is 32.2. The lowest BCUT2D eigenvalue weighted by atomic mass is 10.1. The van der Waals surface area contributed by atoms with E-state index in [-0.39, 0.29) is 12.3 Å². The fourth-order valence-electron chi connectivity index (χ4n) is 1.98. The van der Waals surface area contributed by atoms with Crippen LogP contribution in [-0.2, 0) is 10.0 Å². The number of carbonyl (C=O) groups is 2. The Balaban J connectivity index is 2.06. The van der Waals surface area contributed by atoms with E-state index in [1.807, 2.05) is 6.92 Å². The van der Waals surface area contributed by atoms with Crippen molar-refractivity contribution in [3.8, 4) is 0 Å². The van der Waals surface area contributed by atoms with Gasteiger partial charge in [0.2, 0.25) is 10.0 Å². The lowest BCUT2D eigenvalue weighted by molar-refractivity contribution is 0.0664. The first kappa shape index (κ1) is 14.7. The van der Waals surface area contributed by atoms with Crippen LogP contribution < -0.4 is 4.72 Å². The summed E-state index contributed by atoms with van der Waals surface area (Å²) in [4.78, 5) is 25.0. The number of carbonyl (C=O) groups excluding carboxylic acids is 2. The van der Waals surface area contributed by atoms with E-state index in [0.29, 0.717) is 24.1 Å². The van der Waals surface area contributed by atoms with Gasteiger partial charge in [-0.3, -0.25) is 14.5 Å². The van der Waals surface area contributed by atoms with Crippen molar-refractivity contribution in [1.29, 1.82) is 0 Å². The molecule has 0 spiro atoms. The number of benzene rings is 1. The summed E-state index contributed by atoms with van der Waals surface area (Å²) in [6.07, 6.45) is 0.687. The normalized spacial score (nSPS) is 14.8. The Kier molecular flexibility index (Phi) is 4.20. The Bertz CT molecular complexity index is 605. The molecular formula is C13H16N2O4S. The topological polar surface area (TPSA) is 83.6 Å². The molecule has 20 heavy (non-hydrogen) atoms. The van der Waals surface area contributed by atoms with Gasteiger partial charge in [0.05, 0.1) is 16.9 Å². The van der Waals surface area contributed by atoms with Crippen LogP contribution in [0.2, 0.25) is 0 Å². The molecule has 0 bridgehead atoms. The van der Waals surface area contributed by atoms with Gasteiger partial charge in [0.15, 0.2) is 0 Å². The summed E-state index contributed by atoms with van der Waals surface area (Å²) < 4.78 is 25.8.